The maximum Gasteiger partial charge on any atom is 0.386 e. The van der Waals surface area contributed by atoms with Crippen molar-refractivity contribution in [3.63, 3.8) is 0 Å². The summed E-state index contributed by atoms with van der Waals surface area (Å²) in [4.78, 5) is 0. The highest BCUT2D eigenvalue weighted by Gasteiger charge is 2.15. The van der Waals surface area contributed by atoms with E-state index in [0.717, 1.165) is 0 Å². The van der Waals surface area contributed by atoms with Gasteiger partial charge in [0.1, 0.15) is 0 Å². The van der Waals surface area contributed by atoms with Gasteiger partial charge in [0.05, 0.1) is 0 Å². The second kappa shape index (κ2) is 2.29. The minimum atomic E-state index is -4.00. The molecule has 0 saturated carbocycles. The molecule has 0 rings (SSSR count). The van der Waals surface area contributed by atoms with Crippen molar-refractivity contribution in [2.75, 3.05) is 0 Å². The molecule has 0 amide bonds. The van der Waals surface area contributed by atoms with Crippen molar-refractivity contribution >= 4 is 0 Å². The molecule has 0 atom stereocenters. The summed E-state index contributed by atoms with van der Waals surface area (Å²) in [5.74, 6) is 0. The van der Waals surface area contributed by atoms with Crippen molar-refractivity contribution in [3.8, 4) is 0 Å². The van der Waals surface area contributed by atoms with E-state index < -0.39 is 6.18 Å². The number of hydrogen-bond acceptors (Lipinski definition) is 0. The summed E-state index contributed by atoms with van der Waals surface area (Å²) in [6.07, 6.45) is -4.00. The lowest BCUT2D eigenvalue weighted by atomic mass is 10.8. The Kier molecular flexibility index (Phi) is 3.59. The van der Waals surface area contributed by atoms with Crippen LogP contribution in [0.5, 0.6) is 0 Å². The average molecular weight is 119 g/mol. The highest BCUT2D eigenvalue weighted by Crippen LogP contribution is 2.10. The molecule has 0 unspecified atom stereocenters. The Morgan fingerprint density at radius 2 is 1.17 bits per heavy atom. The molecule has 0 saturated heterocycles. The van der Waals surface area contributed by atoms with Gasteiger partial charge < -0.3 is 12.4 Å². The van der Waals surface area contributed by atoms with Crippen molar-refractivity contribution in [2.24, 2.45) is 0 Å². The van der Waals surface area contributed by atoms with Crippen LogP contribution in [-0.4, -0.2) is 6.18 Å². The summed E-state index contributed by atoms with van der Waals surface area (Å²) in [6.45, 7) is 0.188. The zero-order valence-corrected chi connectivity index (χ0v) is 3.77. The maximum atomic E-state index is 10.4. The first kappa shape index (κ1) is 9.43. The lowest BCUT2D eigenvalue weighted by Gasteiger charge is -1.88. The minimum Gasteiger partial charge on any atom is -1.00 e. The molecule has 0 aromatic carbocycles. The molecular weight excluding hydrogens is 116 g/mol. The highest BCUT2D eigenvalue weighted by molar-refractivity contribution is 4.26. The van der Waals surface area contributed by atoms with E-state index >= 15 is 0 Å². The van der Waals surface area contributed by atoms with E-state index in [9.17, 15) is 13.2 Å². The molecule has 0 aromatic heterocycles. The lowest BCUT2D eigenvalue weighted by molar-refractivity contribution is -0.110. The van der Waals surface area contributed by atoms with E-state index in [0.29, 0.717) is 0 Å². The summed E-state index contributed by atoms with van der Waals surface area (Å²) >= 11 is 0. The van der Waals surface area contributed by atoms with Gasteiger partial charge in [-0.1, -0.05) is 0 Å². The molecule has 0 aromatic rings. The van der Waals surface area contributed by atoms with Crippen molar-refractivity contribution < 1.29 is 25.6 Å². The lowest BCUT2D eigenvalue weighted by Crippen LogP contribution is -3.00. The second-order valence-corrected chi connectivity index (χ2v) is 0.781. The SMILES string of the molecule is CC(F)(F)F.[Cl-]. The van der Waals surface area contributed by atoms with Crippen LogP contribution < -0.4 is 12.4 Å². The van der Waals surface area contributed by atoms with E-state index in [2.05, 4.69) is 0 Å². The van der Waals surface area contributed by atoms with Gasteiger partial charge in [0.15, 0.2) is 0 Å². The maximum absolute atomic E-state index is 10.4. The number of halogens is 4. The quantitative estimate of drug-likeness (QED) is 0.367. The molecule has 0 spiro atoms. The standard InChI is InChI=1S/C2H3F3.ClH/c1-2(3,4)5;/h1H3;1H/p-1. The van der Waals surface area contributed by atoms with Gasteiger partial charge in [-0.2, -0.15) is 13.2 Å². The summed E-state index contributed by atoms with van der Waals surface area (Å²) in [7, 11) is 0. The Hall–Kier alpha value is 0.0800. The molecule has 0 fully saturated rings. The molecule has 0 aliphatic rings. The number of alkyl halides is 3. The van der Waals surface area contributed by atoms with Crippen LogP contribution in [0.25, 0.3) is 0 Å². The van der Waals surface area contributed by atoms with E-state index in [1.165, 1.54) is 0 Å². The third-order valence-corrected chi connectivity index (χ3v) is 0. The largest absolute Gasteiger partial charge is 1.00 e. The van der Waals surface area contributed by atoms with E-state index in [1.807, 2.05) is 0 Å². The van der Waals surface area contributed by atoms with E-state index in [1.54, 1.807) is 0 Å². The predicted molar refractivity (Wildman–Crippen MR) is 11.7 cm³/mol. The summed E-state index contributed by atoms with van der Waals surface area (Å²) in [6, 6.07) is 0. The van der Waals surface area contributed by atoms with Gasteiger partial charge in [-0.05, 0) is 0 Å². The van der Waals surface area contributed by atoms with Crippen molar-refractivity contribution in [2.45, 2.75) is 13.1 Å². The Morgan fingerprint density at radius 1 is 1.17 bits per heavy atom. The summed E-state index contributed by atoms with van der Waals surface area (Å²) < 4.78 is 31.1. The normalized spacial score (nSPS) is 10.0. The van der Waals surface area contributed by atoms with Gasteiger partial charge in [0, 0.05) is 6.92 Å². The Balaban J connectivity index is 0. The van der Waals surface area contributed by atoms with Crippen LogP contribution in [-0.2, 0) is 0 Å². The highest BCUT2D eigenvalue weighted by atomic mass is 35.5. The van der Waals surface area contributed by atoms with Gasteiger partial charge >= 0.3 is 6.18 Å². The third kappa shape index (κ3) is 6050. The monoisotopic (exact) mass is 119 g/mol. The zero-order chi connectivity index (χ0) is 4.50. The first-order valence-electron chi connectivity index (χ1n) is 1.07. The molecule has 0 N–H and O–H groups in total. The van der Waals surface area contributed by atoms with Crippen LogP contribution in [0, 0.1) is 0 Å². The second-order valence-electron chi connectivity index (χ2n) is 0.781. The van der Waals surface area contributed by atoms with Crippen molar-refractivity contribution in [1.29, 1.82) is 0 Å². The average Bonchev–Trinajstić information content (AvgIpc) is 0.722. The molecule has 0 aliphatic carbocycles. The first-order chi connectivity index (χ1) is 2.00. The molecule has 0 aliphatic heterocycles. The van der Waals surface area contributed by atoms with Crippen LogP contribution in [0.2, 0.25) is 0 Å². The summed E-state index contributed by atoms with van der Waals surface area (Å²) in [5, 5.41) is 0. The fraction of sp³-hybridized carbons (Fsp3) is 1.00. The minimum absolute atomic E-state index is 0. The molecule has 0 radical (unpaired) electrons. The van der Waals surface area contributed by atoms with Gasteiger partial charge in [-0.15, -0.1) is 0 Å². The van der Waals surface area contributed by atoms with Crippen molar-refractivity contribution in [3.05, 3.63) is 0 Å². The molecule has 0 bridgehead atoms. The molecule has 4 heteroatoms. The Bertz CT molecular complexity index is 24.3. The van der Waals surface area contributed by atoms with Crippen LogP contribution in [0.3, 0.4) is 0 Å². The molecule has 6 heavy (non-hydrogen) atoms. The van der Waals surface area contributed by atoms with Crippen LogP contribution in [0.15, 0.2) is 0 Å². The topological polar surface area (TPSA) is 0 Å². The number of rotatable bonds is 0. The first-order valence-corrected chi connectivity index (χ1v) is 1.07. The third-order valence-electron chi connectivity index (χ3n) is 0. The molecule has 0 nitrogen and oxygen atoms in total. The van der Waals surface area contributed by atoms with Gasteiger partial charge in [0.2, 0.25) is 0 Å². The zero-order valence-electron chi connectivity index (χ0n) is 3.01. The Morgan fingerprint density at radius 3 is 1.17 bits per heavy atom. The smallest absolute Gasteiger partial charge is 0.386 e. The predicted octanol–water partition coefficient (Wildman–Crippen LogP) is -1.43. The molecule has 40 valence electrons. The Labute approximate surface area is 39.8 Å². The van der Waals surface area contributed by atoms with Gasteiger partial charge in [0.25, 0.3) is 0 Å². The fourth-order valence-corrected chi connectivity index (χ4v) is 0. The van der Waals surface area contributed by atoms with E-state index in [-0.39, 0.29) is 19.3 Å². The van der Waals surface area contributed by atoms with Gasteiger partial charge in [-0.3, -0.25) is 0 Å². The molecule has 0 heterocycles. The summed E-state index contributed by atoms with van der Waals surface area (Å²) in [5.41, 5.74) is 0. The number of hydrogen-bond donors (Lipinski definition) is 0. The fourth-order valence-electron chi connectivity index (χ4n) is 0. The van der Waals surface area contributed by atoms with E-state index in [4.69, 9.17) is 0 Å². The van der Waals surface area contributed by atoms with Crippen molar-refractivity contribution in [1.82, 2.24) is 0 Å². The van der Waals surface area contributed by atoms with Crippen LogP contribution in [0.1, 0.15) is 6.92 Å². The van der Waals surface area contributed by atoms with Crippen LogP contribution in [0.4, 0.5) is 13.2 Å². The van der Waals surface area contributed by atoms with Gasteiger partial charge in [-0.25, -0.2) is 0 Å². The van der Waals surface area contributed by atoms with Crippen LogP contribution >= 0.6 is 0 Å². The molecular formula is C2H3ClF3-.